The van der Waals surface area contributed by atoms with Gasteiger partial charge in [0.2, 0.25) is 17.7 Å². The van der Waals surface area contributed by atoms with Crippen LogP contribution in [0.1, 0.15) is 121 Å². The summed E-state index contributed by atoms with van der Waals surface area (Å²) < 4.78 is 5.88. The summed E-state index contributed by atoms with van der Waals surface area (Å²) in [6.07, 6.45) is 4.00. The molecule has 2 aromatic rings. The summed E-state index contributed by atoms with van der Waals surface area (Å²) in [5, 5.41) is 20.6. The van der Waals surface area contributed by atoms with Crippen molar-refractivity contribution in [2.45, 2.75) is 136 Å². The van der Waals surface area contributed by atoms with E-state index in [0.717, 1.165) is 49.1 Å². The van der Waals surface area contributed by atoms with E-state index in [1.165, 1.54) is 6.92 Å². The molecule has 0 spiro atoms. The summed E-state index contributed by atoms with van der Waals surface area (Å²) in [5.41, 5.74) is 1.02. The number of nitrogens with zero attached hydrogens (tertiary/aromatic N) is 3. The number of likely N-dealkylation sites (N-methyl/N-ethyl adjacent to an activating group) is 1. The molecule has 4 rings (SSSR count). The second-order valence-electron chi connectivity index (χ2n) is 16.6. The maximum atomic E-state index is 14.9. The van der Waals surface area contributed by atoms with Crippen molar-refractivity contribution in [3.63, 3.8) is 0 Å². The lowest BCUT2D eigenvalue weighted by molar-refractivity contribution is -0.161. The topological polar surface area (TPSA) is 187 Å². The molecule has 2 aliphatic rings. The van der Waals surface area contributed by atoms with E-state index in [1.54, 1.807) is 17.2 Å². The average molecular weight is 825 g/mol. The van der Waals surface area contributed by atoms with Gasteiger partial charge in [-0.2, -0.15) is 0 Å². The zero-order chi connectivity index (χ0) is 42.7. The molecule has 2 saturated heterocycles. The third kappa shape index (κ3) is 12.1. The highest BCUT2D eigenvalue weighted by Gasteiger charge is 2.52. The molecule has 3 heterocycles. The van der Waals surface area contributed by atoms with Crippen LogP contribution in [0.25, 0.3) is 0 Å². The number of hydrogen-bond donors (Lipinski definition) is 4. The van der Waals surface area contributed by atoms with Crippen LogP contribution in [0.3, 0.4) is 0 Å². The zero-order valence-electron chi connectivity index (χ0n) is 35.4. The molecule has 1 aromatic carbocycles. The molecule has 14 nitrogen and oxygen atoms in total. The summed E-state index contributed by atoms with van der Waals surface area (Å²) in [5.74, 6) is -4.53. The molecule has 9 atom stereocenters. The number of hydrogen-bond acceptors (Lipinski definition) is 10. The third-order valence-corrected chi connectivity index (χ3v) is 12.7. The van der Waals surface area contributed by atoms with Crippen molar-refractivity contribution in [1.29, 1.82) is 0 Å². The predicted molar refractivity (Wildman–Crippen MR) is 222 cm³/mol. The van der Waals surface area contributed by atoms with Crippen LogP contribution in [-0.2, 0) is 35.1 Å². The van der Waals surface area contributed by atoms with Gasteiger partial charge >= 0.3 is 11.9 Å². The van der Waals surface area contributed by atoms with E-state index in [0.29, 0.717) is 24.4 Å². The van der Waals surface area contributed by atoms with Crippen molar-refractivity contribution in [1.82, 2.24) is 30.7 Å². The van der Waals surface area contributed by atoms with Gasteiger partial charge in [-0.25, -0.2) is 4.98 Å². The maximum absolute atomic E-state index is 14.9. The SMILES string of the molecule is CCCCNC(=O)C1C(C)[C@H](C)[C@H](NC(=O)[C@H]2CCCCN2C)C(=O)N1[C@H](C[C@@H](OC(C)=O)c1nc(C(=O)N[C@@H](Cc2ccccc2)C[C@H](C)C(=O)O)cs1)C(C)C. The number of aromatic nitrogens is 1. The summed E-state index contributed by atoms with van der Waals surface area (Å²) in [4.78, 5) is 89.0. The standard InChI is InChI=1S/C43H64N6O8S/c1-9-10-19-44-40(53)37-28(6)27(5)36(47-39(52)33-18-14-15-20-48(33)8)42(54)49(37)34(25(2)3)23-35(57-29(7)50)41-46-32(24-58-41)38(51)45-31(21-26(4)43(55)56)22-30-16-12-11-13-17-30/h11-13,16-17,24-28,31,33-37H,9-10,14-15,18-23H2,1-8H3,(H,44,53)(H,45,51)(H,47,52)(H,55,56)/t26-,27-,28?,31+,33+,34+,35+,36-,37?/m0/s1. The Balaban J connectivity index is 1.65. The van der Waals surface area contributed by atoms with Crippen LogP contribution in [0.15, 0.2) is 35.7 Å². The van der Waals surface area contributed by atoms with E-state index >= 15 is 0 Å². The number of unbranched alkanes of at least 4 members (excludes halogenated alkanes) is 1. The molecule has 2 aliphatic heterocycles. The van der Waals surface area contributed by atoms with Crippen LogP contribution in [0, 0.1) is 23.7 Å². The van der Waals surface area contributed by atoms with Crippen LogP contribution >= 0.6 is 11.3 Å². The Kier molecular flexibility index (Phi) is 17.2. The first-order valence-corrected chi connectivity index (χ1v) is 21.7. The number of thiazole rings is 1. The van der Waals surface area contributed by atoms with Gasteiger partial charge in [0.05, 0.1) is 12.0 Å². The van der Waals surface area contributed by atoms with E-state index in [9.17, 15) is 33.9 Å². The van der Waals surface area contributed by atoms with Crippen LogP contribution in [0.5, 0.6) is 0 Å². The largest absolute Gasteiger partial charge is 0.481 e. The van der Waals surface area contributed by atoms with Crippen LogP contribution < -0.4 is 16.0 Å². The molecule has 0 aliphatic carbocycles. The Bertz CT molecular complexity index is 1720. The lowest BCUT2D eigenvalue weighted by Gasteiger charge is -2.50. The highest BCUT2D eigenvalue weighted by Crippen LogP contribution is 2.38. The van der Waals surface area contributed by atoms with Crippen molar-refractivity contribution in [3.8, 4) is 0 Å². The highest BCUT2D eigenvalue weighted by atomic mass is 32.1. The summed E-state index contributed by atoms with van der Waals surface area (Å²) in [6.45, 7) is 13.9. The fourth-order valence-electron chi connectivity index (χ4n) is 8.19. The van der Waals surface area contributed by atoms with Gasteiger partial charge in [0, 0.05) is 37.4 Å². The van der Waals surface area contributed by atoms with Crippen molar-refractivity contribution in [3.05, 3.63) is 52.0 Å². The number of likely N-dealkylation sites (tertiary alicyclic amines) is 2. The van der Waals surface area contributed by atoms with E-state index < -0.39 is 54.0 Å². The number of benzene rings is 1. The number of esters is 1. The van der Waals surface area contributed by atoms with Crippen molar-refractivity contribution in [2.75, 3.05) is 20.1 Å². The Morgan fingerprint density at radius 3 is 2.34 bits per heavy atom. The number of ether oxygens (including phenoxy) is 1. The minimum absolute atomic E-state index is 0.0796. The number of carboxylic acid groups (broad SMARTS) is 1. The summed E-state index contributed by atoms with van der Waals surface area (Å²) in [7, 11) is 1.92. The Hall–Kier alpha value is -4.37. The fourth-order valence-corrected chi connectivity index (χ4v) is 9.03. The first kappa shape index (κ1) is 46.3. The predicted octanol–water partition coefficient (Wildman–Crippen LogP) is 4.98. The van der Waals surface area contributed by atoms with Crippen LogP contribution in [0.2, 0.25) is 0 Å². The van der Waals surface area contributed by atoms with Gasteiger partial charge in [-0.15, -0.1) is 11.3 Å². The molecule has 2 fully saturated rings. The summed E-state index contributed by atoms with van der Waals surface area (Å²) in [6, 6.07) is 6.25. The molecule has 58 heavy (non-hydrogen) atoms. The molecule has 15 heteroatoms. The first-order chi connectivity index (χ1) is 27.5. The van der Waals surface area contributed by atoms with Crippen LogP contribution in [0.4, 0.5) is 0 Å². The molecule has 0 bridgehead atoms. The zero-order valence-corrected chi connectivity index (χ0v) is 36.2. The lowest BCUT2D eigenvalue weighted by atomic mass is 9.76. The van der Waals surface area contributed by atoms with Gasteiger partial charge in [0.25, 0.3) is 5.91 Å². The van der Waals surface area contributed by atoms with Gasteiger partial charge in [-0.1, -0.05) is 84.7 Å². The van der Waals surface area contributed by atoms with Crippen LogP contribution in [-0.4, -0.2) is 106 Å². The average Bonchev–Trinajstić information content (AvgIpc) is 3.67. The molecule has 0 radical (unpaired) electrons. The first-order valence-electron chi connectivity index (χ1n) is 20.8. The minimum Gasteiger partial charge on any atom is -0.481 e. The molecule has 2 unspecified atom stereocenters. The number of carbonyl (C=O) groups excluding carboxylic acids is 5. The van der Waals surface area contributed by atoms with E-state index in [2.05, 4.69) is 20.9 Å². The van der Waals surface area contributed by atoms with Gasteiger partial charge in [0.15, 0.2) is 6.10 Å². The van der Waals surface area contributed by atoms with Gasteiger partial charge in [0.1, 0.15) is 22.8 Å². The Labute approximate surface area is 347 Å². The lowest BCUT2D eigenvalue weighted by Crippen LogP contribution is -2.69. The molecule has 4 N–H and O–H groups in total. The molecular formula is C43H64N6O8S. The molecule has 1 aromatic heterocycles. The number of aliphatic carboxylic acids is 1. The minimum atomic E-state index is -0.973. The van der Waals surface area contributed by atoms with E-state index in [1.807, 2.05) is 76.9 Å². The van der Waals surface area contributed by atoms with Gasteiger partial charge < -0.3 is 30.7 Å². The number of carboxylic acids is 1. The quantitative estimate of drug-likeness (QED) is 0.111. The number of rotatable bonds is 19. The third-order valence-electron chi connectivity index (χ3n) is 11.8. The normalized spacial score (nSPS) is 23.4. The maximum Gasteiger partial charge on any atom is 0.306 e. The number of piperidine rings is 2. The smallest absolute Gasteiger partial charge is 0.306 e. The fraction of sp³-hybridized carbons (Fsp3) is 0.651. The number of nitrogens with one attached hydrogen (secondary N) is 3. The summed E-state index contributed by atoms with van der Waals surface area (Å²) >= 11 is 1.14. The number of carbonyl (C=O) groups is 6. The second kappa shape index (κ2) is 21.6. The highest BCUT2D eigenvalue weighted by molar-refractivity contribution is 7.09. The van der Waals surface area contributed by atoms with E-state index in [-0.39, 0.29) is 60.1 Å². The molecule has 0 saturated carbocycles. The molecular weight excluding hydrogens is 761 g/mol. The monoisotopic (exact) mass is 824 g/mol. The van der Waals surface area contributed by atoms with Crippen molar-refractivity contribution >= 4 is 46.9 Å². The van der Waals surface area contributed by atoms with Crippen molar-refractivity contribution < 1.29 is 38.6 Å². The molecule has 320 valence electrons. The molecule has 4 amide bonds. The Morgan fingerprint density at radius 2 is 1.72 bits per heavy atom. The van der Waals surface area contributed by atoms with E-state index in [4.69, 9.17) is 4.74 Å². The Morgan fingerprint density at radius 1 is 1.02 bits per heavy atom. The van der Waals surface area contributed by atoms with Gasteiger partial charge in [-0.3, -0.25) is 33.7 Å². The number of amides is 4. The van der Waals surface area contributed by atoms with Gasteiger partial charge in [-0.05, 0) is 69.0 Å². The second-order valence-corrected chi connectivity index (χ2v) is 17.5. The van der Waals surface area contributed by atoms with Crippen molar-refractivity contribution in [2.24, 2.45) is 23.7 Å².